The Labute approximate surface area is 171 Å². The van der Waals surface area contributed by atoms with Crippen LogP contribution in [0.1, 0.15) is 22.8 Å². The van der Waals surface area contributed by atoms with Crippen molar-refractivity contribution in [2.75, 3.05) is 26.7 Å². The van der Waals surface area contributed by atoms with Gasteiger partial charge in [0.15, 0.2) is 0 Å². The Morgan fingerprint density at radius 1 is 1.07 bits per heavy atom. The molecular weight excluding hydrogens is 390 g/mol. The Bertz CT molecular complexity index is 988. The van der Waals surface area contributed by atoms with E-state index >= 15 is 0 Å². The third-order valence-corrected chi connectivity index (χ3v) is 6.94. The van der Waals surface area contributed by atoms with Crippen molar-refractivity contribution >= 4 is 21.7 Å². The molecule has 1 fully saturated rings. The molecule has 0 spiro atoms. The monoisotopic (exact) mass is 415 g/mol. The van der Waals surface area contributed by atoms with Crippen LogP contribution in [-0.2, 0) is 10.0 Å². The van der Waals surface area contributed by atoms with Crippen molar-refractivity contribution in [1.82, 2.24) is 14.5 Å². The quantitative estimate of drug-likeness (QED) is 0.732. The number of hydrogen-bond acceptors (Lipinski definition) is 5. The summed E-state index contributed by atoms with van der Waals surface area (Å²) in [5.74, 6) is -0.0662. The van der Waals surface area contributed by atoms with Crippen molar-refractivity contribution in [2.24, 2.45) is 0 Å². The van der Waals surface area contributed by atoms with Crippen LogP contribution in [0.5, 0.6) is 0 Å². The van der Waals surface area contributed by atoms with Crippen LogP contribution in [0.15, 0.2) is 65.7 Å². The fourth-order valence-corrected chi connectivity index (χ4v) is 5.01. The number of amides is 1. The van der Waals surface area contributed by atoms with Crippen LogP contribution < -0.4 is 5.32 Å². The highest BCUT2D eigenvalue weighted by Gasteiger charge is 2.35. The van der Waals surface area contributed by atoms with E-state index in [0.29, 0.717) is 24.2 Å². The first kappa shape index (κ1) is 20.9. The van der Waals surface area contributed by atoms with Gasteiger partial charge in [0.05, 0.1) is 4.90 Å². The molecule has 1 atom stereocenters. The van der Waals surface area contributed by atoms with Gasteiger partial charge in [0.1, 0.15) is 5.76 Å². The molecule has 1 saturated heterocycles. The Balaban J connectivity index is 1.74. The van der Waals surface area contributed by atoms with E-state index in [1.807, 2.05) is 18.2 Å². The van der Waals surface area contributed by atoms with Crippen LogP contribution in [0.25, 0.3) is 5.76 Å². The lowest BCUT2D eigenvalue weighted by Crippen LogP contribution is -2.55. The molecule has 0 saturated carbocycles. The SMILES string of the molecule is CN/C=C(\O)c1ccc(S(=O)(=O)N2CCN(C(=O)c3ccccc3)CC2C)cc1. The zero-order chi connectivity index (χ0) is 21.0. The van der Waals surface area contributed by atoms with Crippen LogP contribution in [0.4, 0.5) is 0 Å². The maximum absolute atomic E-state index is 13.1. The smallest absolute Gasteiger partial charge is 0.253 e. The largest absolute Gasteiger partial charge is 0.506 e. The zero-order valence-electron chi connectivity index (χ0n) is 16.4. The molecule has 2 N–H and O–H groups in total. The molecule has 3 rings (SSSR count). The lowest BCUT2D eigenvalue weighted by atomic mass is 10.1. The van der Waals surface area contributed by atoms with Gasteiger partial charge in [-0.25, -0.2) is 8.42 Å². The van der Waals surface area contributed by atoms with Crippen molar-refractivity contribution in [1.29, 1.82) is 0 Å². The first-order valence-corrected chi connectivity index (χ1v) is 10.8. The number of piperazine rings is 1. The van der Waals surface area contributed by atoms with Crippen LogP contribution in [0, 0.1) is 0 Å². The van der Waals surface area contributed by atoms with Gasteiger partial charge in [-0.2, -0.15) is 4.31 Å². The zero-order valence-corrected chi connectivity index (χ0v) is 17.3. The fourth-order valence-electron chi connectivity index (χ4n) is 3.40. The van der Waals surface area contributed by atoms with Crippen molar-refractivity contribution in [3.63, 3.8) is 0 Å². The first-order valence-electron chi connectivity index (χ1n) is 9.37. The second-order valence-corrected chi connectivity index (χ2v) is 8.82. The molecule has 1 aliphatic rings. The molecule has 1 amide bonds. The van der Waals surface area contributed by atoms with Crippen molar-refractivity contribution in [3.8, 4) is 0 Å². The average Bonchev–Trinajstić information content (AvgIpc) is 2.74. The highest BCUT2D eigenvalue weighted by Crippen LogP contribution is 2.23. The fraction of sp³-hybridized carbons (Fsp3) is 0.286. The summed E-state index contributed by atoms with van der Waals surface area (Å²) in [5, 5.41) is 12.6. The minimum Gasteiger partial charge on any atom is -0.506 e. The van der Waals surface area contributed by atoms with E-state index in [0.717, 1.165) is 0 Å². The molecule has 0 radical (unpaired) electrons. The normalized spacial score (nSPS) is 18.5. The van der Waals surface area contributed by atoms with Crippen molar-refractivity contribution < 1.29 is 18.3 Å². The molecule has 2 aromatic rings. The number of nitrogens with zero attached hydrogens (tertiary/aromatic N) is 2. The number of carbonyl (C=O) groups excluding carboxylic acids is 1. The minimum absolute atomic E-state index is 0.0258. The summed E-state index contributed by atoms with van der Waals surface area (Å²) in [5.41, 5.74) is 1.12. The van der Waals surface area contributed by atoms with Gasteiger partial charge in [-0.15, -0.1) is 0 Å². The summed E-state index contributed by atoms with van der Waals surface area (Å²) < 4.78 is 27.6. The number of aliphatic hydroxyl groups excluding tert-OH is 1. The number of nitrogens with one attached hydrogen (secondary N) is 1. The second kappa shape index (κ2) is 8.67. The van der Waals surface area contributed by atoms with E-state index in [9.17, 15) is 18.3 Å². The molecule has 0 aliphatic carbocycles. The molecule has 1 aliphatic heterocycles. The number of sulfonamides is 1. The average molecular weight is 416 g/mol. The lowest BCUT2D eigenvalue weighted by molar-refractivity contribution is 0.0642. The summed E-state index contributed by atoms with van der Waals surface area (Å²) in [7, 11) is -2.04. The standard InChI is InChI=1S/C21H25N3O4S/c1-16-15-23(21(26)18-6-4-3-5-7-18)12-13-24(16)29(27,28)19-10-8-17(9-11-19)20(25)14-22-2/h3-11,14,16,22,25H,12-13,15H2,1-2H3/b20-14-. The van der Waals surface area contributed by atoms with Crippen LogP contribution in [0.2, 0.25) is 0 Å². The number of benzene rings is 2. The highest BCUT2D eigenvalue weighted by molar-refractivity contribution is 7.89. The molecule has 1 unspecified atom stereocenters. The molecular formula is C21H25N3O4S. The Kier molecular flexibility index (Phi) is 6.24. The predicted molar refractivity (Wildman–Crippen MR) is 112 cm³/mol. The molecule has 154 valence electrons. The summed E-state index contributed by atoms with van der Waals surface area (Å²) in [6.07, 6.45) is 1.43. The van der Waals surface area contributed by atoms with E-state index in [-0.39, 0.29) is 29.1 Å². The summed E-state index contributed by atoms with van der Waals surface area (Å²) in [6, 6.07) is 14.7. The van der Waals surface area contributed by atoms with E-state index in [2.05, 4.69) is 5.32 Å². The van der Waals surface area contributed by atoms with Crippen LogP contribution >= 0.6 is 0 Å². The maximum atomic E-state index is 13.1. The van der Waals surface area contributed by atoms with Crippen LogP contribution in [0.3, 0.4) is 0 Å². The van der Waals surface area contributed by atoms with Gasteiger partial charge >= 0.3 is 0 Å². The van der Waals surface area contributed by atoms with Crippen LogP contribution in [-0.4, -0.2) is 61.4 Å². The highest BCUT2D eigenvalue weighted by atomic mass is 32.2. The molecule has 0 bridgehead atoms. The van der Waals surface area contributed by atoms with Gasteiger partial charge < -0.3 is 15.3 Å². The van der Waals surface area contributed by atoms with Gasteiger partial charge in [-0.1, -0.05) is 18.2 Å². The summed E-state index contributed by atoms with van der Waals surface area (Å²) in [4.78, 5) is 14.5. The topological polar surface area (TPSA) is 89.9 Å². The molecule has 2 aromatic carbocycles. The first-order chi connectivity index (χ1) is 13.8. The Hall–Kier alpha value is -2.84. The van der Waals surface area contributed by atoms with Gasteiger partial charge in [0.2, 0.25) is 10.0 Å². The molecule has 1 heterocycles. The summed E-state index contributed by atoms with van der Waals surface area (Å²) in [6.45, 7) is 2.70. The van der Waals surface area contributed by atoms with Crippen molar-refractivity contribution in [2.45, 2.75) is 17.9 Å². The van der Waals surface area contributed by atoms with E-state index < -0.39 is 10.0 Å². The number of rotatable bonds is 5. The maximum Gasteiger partial charge on any atom is 0.253 e. The predicted octanol–water partition coefficient (Wildman–Crippen LogP) is 2.30. The number of carbonyl (C=O) groups is 1. The van der Waals surface area contributed by atoms with Gasteiger partial charge in [-0.3, -0.25) is 4.79 Å². The third kappa shape index (κ3) is 4.44. The Morgan fingerprint density at radius 3 is 2.31 bits per heavy atom. The second-order valence-electron chi connectivity index (χ2n) is 6.92. The van der Waals surface area contributed by atoms with Gasteiger partial charge in [0.25, 0.3) is 5.91 Å². The van der Waals surface area contributed by atoms with Gasteiger partial charge in [-0.05, 0) is 43.3 Å². The van der Waals surface area contributed by atoms with E-state index in [1.165, 1.54) is 22.6 Å². The lowest BCUT2D eigenvalue weighted by Gasteiger charge is -2.39. The molecule has 0 aromatic heterocycles. The van der Waals surface area contributed by atoms with E-state index in [1.54, 1.807) is 43.1 Å². The Morgan fingerprint density at radius 2 is 1.72 bits per heavy atom. The molecule has 7 nitrogen and oxygen atoms in total. The molecule has 8 heteroatoms. The van der Waals surface area contributed by atoms with E-state index in [4.69, 9.17) is 0 Å². The third-order valence-electron chi connectivity index (χ3n) is 4.91. The van der Waals surface area contributed by atoms with Gasteiger partial charge in [0, 0.05) is 50.1 Å². The van der Waals surface area contributed by atoms with Crippen molar-refractivity contribution in [3.05, 3.63) is 71.9 Å². The summed E-state index contributed by atoms with van der Waals surface area (Å²) >= 11 is 0. The number of hydrogen-bond donors (Lipinski definition) is 2. The minimum atomic E-state index is -3.70. The molecule has 29 heavy (non-hydrogen) atoms. The number of aliphatic hydroxyl groups is 1.